The number of rotatable bonds is 27. The van der Waals surface area contributed by atoms with Crippen LogP contribution in [-0.2, 0) is 110 Å². The van der Waals surface area contributed by atoms with E-state index in [0.717, 1.165) is 132 Å². The fraction of sp³-hybridized carbons (Fsp3) is 0.908. The molecule has 0 amide bonds. The number of carbonyl (C=O) groups is 11. The lowest BCUT2D eigenvalue weighted by atomic mass is 9.48. The van der Waals surface area contributed by atoms with E-state index in [1.54, 1.807) is 27.7 Å². The molecule has 0 aromatic rings. The molecule has 24 rings (SSSR count). The molecule has 0 radical (unpaired) electrons. The summed E-state index contributed by atoms with van der Waals surface area (Å²) in [6.45, 7) is 38.7. The highest BCUT2D eigenvalue weighted by atomic mass is 16.7. The molecule has 2 aliphatic heterocycles. The van der Waals surface area contributed by atoms with Gasteiger partial charge in [-0.3, -0.25) is 38.4 Å². The Balaban J connectivity index is 0.000000580. The van der Waals surface area contributed by atoms with Gasteiger partial charge in [0.05, 0.1) is 62.1 Å². The summed E-state index contributed by atoms with van der Waals surface area (Å²) in [5.74, 6) is 8.87. The van der Waals surface area contributed by atoms with Crippen molar-refractivity contribution in [2.45, 2.75) is 512 Å². The molecule has 0 spiro atoms. The standard InChI is InChI=1S/C28H42O5.C19H30O4.C18H30O2.C16H22O6.C16H26O3.C10H16O4.12CH4/c1-4-27(2,3)25(29)33-24-21-10-18-11-22(24)14-28(12-18,13-21)26(30)32-15-31-23-19-6-16-5-17(8-19)9-20(23)7-16;1-5-18(2,3)17(21)22-11-16(20)23-19(4)14-7-12-6-13(9-14)10-15(19)8-12;1-5-17(3,4)16(19)20-18(6-2)14-8-12-7-13(10-14)11-15(18)9-12;1-4-16(2,3)15(19)20-7-11(17)21-12-8-5-9-10(6-8)14(18)22-13(9)12;1-4-14(2,3)13(17)19-16-8-11-5-12(9-16)7-15(18,6-11)10-16;1-4-10(2,3)9(12)14-7-5-6-13-8(7)11;;;;;;;;;;;;/h16-24H,4-15H2,1-3H3;12-15H,5-11H2,1-4H3;12-15H,5-11H2,1-4H3;8-10,12-13H,4-7H2,1-3H3;11-12,18H,4-10H2,1-3H3;7H,4-6H2,1-3H3;12*1H4. The SMILES string of the molecule is C.C.C.C.C.C.C.C.C.C.C.C.CCC(C)(C)C(=O)OC1(CC)C2CC3CC(C2)CC1C3.CCC(C)(C)C(=O)OC12CC3CC(CC(O)(C3)C1)C2.CCC(C)(C)C(=O)OC1C2CC3CC1CC(C(=O)OCOC1C4CC5CC(C4)CC1C5)(C3)C2.CCC(C)(C)C(=O)OC1CCOC1=O.CCC(C)(C)C(=O)OCC(=O)OC1(C)C2CC3CC(C2)CC1C3.CCC(C)(C)C(=O)OCC(=O)OC1C2CC3C(=O)OC1C3C2. The van der Waals surface area contributed by atoms with Crippen LogP contribution < -0.4 is 0 Å². The molecule has 10 unspecified atom stereocenters. The first-order valence-corrected chi connectivity index (χ1v) is 52.0. The summed E-state index contributed by atoms with van der Waals surface area (Å²) in [5.41, 5.74) is -4.65. The third-order valence-electron chi connectivity index (χ3n) is 38.3. The molecule has 24 heteroatoms. The van der Waals surface area contributed by atoms with Crippen LogP contribution in [0.1, 0.15) is 459 Å². The van der Waals surface area contributed by atoms with Gasteiger partial charge in [-0.1, -0.05) is 138 Å². The van der Waals surface area contributed by atoms with Crippen LogP contribution in [0, 0.1) is 156 Å². The number of hydrogen-bond acceptors (Lipinski definition) is 24. The summed E-state index contributed by atoms with van der Waals surface area (Å²) in [4.78, 5) is 133. The first-order chi connectivity index (χ1) is 61.5. The molecule has 24 fully saturated rings. The van der Waals surface area contributed by atoms with E-state index < -0.39 is 56.7 Å². The van der Waals surface area contributed by atoms with Gasteiger partial charge in [0.25, 0.3) is 0 Å². The van der Waals surface area contributed by atoms with Gasteiger partial charge in [0.2, 0.25) is 6.10 Å². The maximum atomic E-state index is 13.4. The predicted molar refractivity (Wildman–Crippen MR) is 567 cm³/mol. The molecular formula is C119H214O24. The lowest BCUT2D eigenvalue weighted by Gasteiger charge is -2.60. The summed E-state index contributed by atoms with van der Waals surface area (Å²) >= 11 is 0. The molecule has 143 heavy (non-hydrogen) atoms. The molecule has 22 aliphatic carbocycles. The van der Waals surface area contributed by atoms with Gasteiger partial charge in [0.15, 0.2) is 20.0 Å². The zero-order chi connectivity index (χ0) is 95.1. The quantitative estimate of drug-likeness (QED) is 0.0453. The lowest BCUT2D eigenvalue weighted by Crippen LogP contribution is -2.61. The van der Waals surface area contributed by atoms with Gasteiger partial charge in [-0.25, -0.2) is 14.4 Å². The van der Waals surface area contributed by atoms with Gasteiger partial charge in [0, 0.05) is 24.7 Å². The Morgan fingerprint density at radius 1 is 0.364 bits per heavy atom. The number of aliphatic hydroxyl groups is 1. The van der Waals surface area contributed by atoms with Crippen molar-refractivity contribution in [1.29, 1.82) is 0 Å². The van der Waals surface area contributed by atoms with Crippen LogP contribution in [0.25, 0.3) is 0 Å². The van der Waals surface area contributed by atoms with E-state index in [1.165, 1.54) is 103 Å². The smallest absolute Gasteiger partial charge is 0.347 e. The summed E-state index contributed by atoms with van der Waals surface area (Å²) in [5, 5.41) is 10.6. The first-order valence-electron chi connectivity index (χ1n) is 52.0. The van der Waals surface area contributed by atoms with Crippen molar-refractivity contribution in [3.8, 4) is 0 Å². The third-order valence-corrected chi connectivity index (χ3v) is 38.3. The van der Waals surface area contributed by atoms with Gasteiger partial charge in [0.1, 0.15) is 35.1 Å². The second kappa shape index (κ2) is 51.3. The Morgan fingerprint density at radius 3 is 1.17 bits per heavy atom. The number of esters is 11. The monoisotopic (exact) mass is 2030 g/mol. The minimum atomic E-state index is -0.687. The van der Waals surface area contributed by atoms with Crippen LogP contribution in [0.15, 0.2) is 0 Å². The normalized spacial score (nSPS) is 36.5. The van der Waals surface area contributed by atoms with Crippen LogP contribution in [0.2, 0.25) is 0 Å². The Morgan fingerprint density at radius 2 is 0.748 bits per heavy atom. The fourth-order valence-corrected chi connectivity index (χ4v) is 29.1. The molecule has 22 saturated carbocycles. The van der Waals surface area contributed by atoms with Gasteiger partial charge in [-0.2, -0.15) is 0 Å². The van der Waals surface area contributed by atoms with Crippen molar-refractivity contribution in [2.24, 2.45) is 156 Å². The second-order valence-electron chi connectivity index (χ2n) is 49.7. The molecule has 0 aromatic carbocycles. The van der Waals surface area contributed by atoms with E-state index in [0.29, 0.717) is 110 Å². The molecular weight excluding hydrogens is 1810 g/mol. The molecule has 24 nitrogen and oxygen atoms in total. The topological polar surface area (TPSA) is 319 Å². The molecule has 10 atom stereocenters. The number of ether oxygens (including phenoxy) is 12. The van der Waals surface area contributed by atoms with Gasteiger partial charge in [-0.05, 0) is 409 Å². The molecule has 24 aliphatic rings. The van der Waals surface area contributed by atoms with E-state index in [1.807, 2.05) is 90.0 Å². The fourth-order valence-electron chi connectivity index (χ4n) is 29.1. The number of cyclic esters (lactones) is 1. The number of hydrogen-bond donors (Lipinski definition) is 1. The number of carbonyl (C=O) groups excluding carboxylic acids is 11. The van der Waals surface area contributed by atoms with Gasteiger partial charge in [-0.15, -0.1) is 0 Å². The summed E-state index contributed by atoms with van der Waals surface area (Å²) in [6, 6.07) is 0. The maximum Gasteiger partial charge on any atom is 0.347 e. The predicted octanol–water partition coefficient (Wildman–Crippen LogP) is 27.2. The van der Waals surface area contributed by atoms with Crippen molar-refractivity contribution in [2.75, 3.05) is 26.6 Å². The third kappa shape index (κ3) is 28.1. The van der Waals surface area contributed by atoms with Gasteiger partial charge >= 0.3 is 65.7 Å². The zero-order valence-corrected chi connectivity index (χ0v) is 83.6. The van der Waals surface area contributed by atoms with Crippen molar-refractivity contribution in [3.05, 3.63) is 0 Å². The Bertz CT molecular complexity index is 4050. The lowest BCUT2D eigenvalue weighted by molar-refractivity contribution is -0.225. The van der Waals surface area contributed by atoms with Crippen molar-refractivity contribution >= 4 is 65.7 Å². The van der Waals surface area contributed by atoms with Crippen LogP contribution in [0.5, 0.6) is 0 Å². The Hall–Kier alpha value is -5.91. The maximum absolute atomic E-state index is 13.4. The molecule has 834 valence electrons. The van der Waals surface area contributed by atoms with Crippen LogP contribution >= 0.6 is 0 Å². The van der Waals surface area contributed by atoms with Crippen LogP contribution in [0.4, 0.5) is 0 Å². The Kier molecular flexibility index (Phi) is 47.7. The van der Waals surface area contributed by atoms with Crippen LogP contribution in [0.3, 0.4) is 0 Å². The molecule has 0 aromatic heterocycles. The summed E-state index contributed by atoms with van der Waals surface area (Å²) < 4.78 is 67.1. The summed E-state index contributed by atoms with van der Waals surface area (Å²) in [6.07, 6.45) is 36.3. The van der Waals surface area contributed by atoms with Crippen molar-refractivity contribution < 1.29 is 115 Å². The van der Waals surface area contributed by atoms with E-state index in [2.05, 4.69) is 20.8 Å². The minimum Gasteiger partial charge on any atom is -0.463 e. The molecule has 22 bridgehead atoms. The van der Waals surface area contributed by atoms with E-state index in [9.17, 15) is 57.8 Å². The average molecular weight is 2030 g/mol. The van der Waals surface area contributed by atoms with E-state index >= 15 is 0 Å². The molecule has 2 heterocycles. The zero-order valence-electron chi connectivity index (χ0n) is 83.6. The van der Waals surface area contributed by atoms with Crippen molar-refractivity contribution in [3.63, 3.8) is 0 Å². The van der Waals surface area contributed by atoms with E-state index in [-0.39, 0.29) is 221 Å². The van der Waals surface area contributed by atoms with Crippen molar-refractivity contribution in [1.82, 2.24) is 0 Å². The average Bonchev–Trinajstić information content (AvgIpc) is 1.69. The van der Waals surface area contributed by atoms with Crippen LogP contribution in [-0.4, -0.2) is 150 Å². The highest BCUT2D eigenvalue weighted by Gasteiger charge is 2.67. The number of fused-ring (bicyclic) bond motifs is 1. The largest absolute Gasteiger partial charge is 0.463 e. The molecule has 2 saturated heterocycles. The highest BCUT2D eigenvalue weighted by Crippen LogP contribution is 2.66. The Labute approximate surface area is 870 Å². The van der Waals surface area contributed by atoms with Gasteiger partial charge < -0.3 is 61.9 Å². The first kappa shape index (κ1) is 133. The molecule has 1 N–H and O–H groups in total. The summed E-state index contributed by atoms with van der Waals surface area (Å²) in [7, 11) is 0. The minimum absolute atomic E-state index is 0. The second-order valence-corrected chi connectivity index (χ2v) is 49.7. The highest BCUT2D eigenvalue weighted by molar-refractivity contribution is 5.84. The van der Waals surface area contributed by atoms with E-state index in [4.69, 9.17) is 56.8 Å².